The molecule has 0 aliphatic carbocycles. The molecule has 23 heavy (non-hydrogen) atoms. The van der Waals surface area contributed by atoms with E-state index in [1.807, 2.05) is 0 Å². The zero-order chi connectivity index (χ0) is 18.8. The van der Waals surface area contributed by atoms with Gasteiger partial charge < -0.3 is 14.0 Å². The first-order chi connectivity index (χ1) is 9.99. The molecule has 0 aromatic heterocycles. The molecule has 0 radical (unpaired) electrons. The maximum atomic E-state index is 12.3. The van der Waals surface area contributed by atoms with E-state index in [-0.39, 0.29) is 0 Å². The minimum absolute atomic E-state index is 0.298. The summed E-state index contributed by atoms with van der Waals surface area (Å²) in [6.45, 7) is 11.9. The number of nitrogens with zero attached hydrogens (tertiary/aromatic N) is 1. The molecule has 9 heteroatoms. The van der Waals surface area contributed by atoms with Gasteiger partial charge in [0.2, 0.25) is 0 Å². The van der Waals surface area contributed by atoms with E-state index in [0.29, 0.717) is 4.90 Å². The fourth-order valence-corrected chi connectivity index (χ4v) is 1.47. The highest BCUT2D eigenvalue weighted by molar-refractivity contribution is 7.81. The third-order valence-electron chi connectivity index (χ3n) is 2.36. The van der Waals surface area contributed by atoms with Crippen LogP contribution in [0.25, 0.3) is 0 Å². The first-order valence-corrected chi connectivity index (χ1v) is 8.01. The van der Waals surface area contributed by atoms with Crippen molar-refractivity contribution in [3.05, 3.63) is 0 Å². The fraction of sp³-hybridized carbons (Fsp3) is 0.786. The lowest BCUT2D eigenvalue weighted by molar-refractivity contribution is 0.0140. The number of hydrogen-bond donors (Lipinski definition) is 1. The Hall–Kier alpha value is -1.48. The molecule has 1 N–H and O–H groups in total. The highest BCUT2D eigenvalue weighted by atomic mass is 32.2. The molecule has 0 bridgehead atoms. The molecule has 0 heterocycles. The molecule has 1 atom stereocenters. The predicted octanol–water partition coefficient (Wildman–Crippen LogP) is 2.79. The molecule has 1 unspecified atom stereocenters. The summed E-state index contributed by atoms with van der Waals surface area (Å²) in [5.74, 6) is -0.755. The molecule has 0 saturated carbocycles. The van der Waals surface area contributed by atoms with Crippen molar-refractivity contribution in [3.63, 3.8) is 0 Å². The quantitative estimate of drug-likeness (QED) is 0.465. The molecule has 0 aliphatic rings. The highest BCUT2D eigenvalue weighted by Crippen LogP contribution is 2.21. The largest absolute Gasteiger partial charge is 0.772 e. The van der Waals surface area contributed by atoms with Gasteiger partial charge in [-0.2, -0.15) is 4.90 Å². The van der Waals surface area contributed by atoms with Crippen molar-refractivity contribution >= 4 is 29.1 Å². The van der Waals surface area contributed by atoms with E-state index in [4.69, 9.17) is 14.9 Å². The predicted molar refractivity (Wildman–Crippen MR) is 85.0 cm³/mol. The standard InChI is InChI=1S/C14H26N2O6S/c1-12(2,3)21-10(17)16(11(18)22-13(4,5)6)9(15)14(7,8)23(19)20/h15H,1-8H3,(H,19,20)/p-1. The van der Waals surface area contributed by atoms with Gasteiger partial charge in [-0.05, 0) is 66.5 Å². The highest BCUT2D eigenvalue weighted by Gasteiger charge is 2.41. The van der Waals surface area contributed by atoms with E-state index in [1.165, 1.54) is 13.8 Å². The Labute approximate surface area is 139 Å². The van der Waals surface area contributed by atoms with Crippen LogP contribution in [-0.4, -0.2) is 47.6 Å². The van der Waals surface area contributed by atoms with Gasteiger partial charge in [0.25, 0.3) is 0 Å². The van der Waals surface area contributed by atoms with Crippen LogP contribution in [0.1, 0.15) is 55.4 Å². The minimum Gasteiger partial charge on any atom is -0.772 e. The van der Waals surface area contributed by atoms with Gasteiger partial charge in [-0.3, -0.25) is 9.62 Å². The first kappa shape index (κ1) is 21.5. The van der Waals surface area contributed by atoms with E-state index < -0.39 is 45.1 Å². The number of amidine groups is 1. The van der Waals surface area contributed by atoms with Gasteiger partial charge in [0.1, 0.15) is 17.0 Å². The number of hydrogen-bond acceptors (Lipinski definition) is 7. The molecule has 0 fully saturated rings. The van der Waals surface area contributed by atoms with Crippen LogP contribution in [0.2, 0.25) is 0 Å². The smallest absolute Gasteiger partial charge is 0.425 e. The molecular formula is C14H25N2O6S-. The van der Waals surface area contributed by atoms with E-state index in [2.05, 4.69) is 0 Å². The molecule has 0 aliphatic heterocycles. The minimum atomic E-state index is -2.74. The molecule has 134 valence electrons. The fourth-order valence-electron chi connectivity index (χ4n) is 1.22. The third kappa shape index (κ3) is 6.66. The number of ether oxygens (including phenoxy) is 2. The number of rotatable bonds is 2. The van der Waals surface area contributed by atoms with Crippen molar-refractivity contribution in [1.29, 1.82) is 5.41 Å². The number of carbonyl (C=O) groups excluding carboxylic acids is 2. The van der Waals surface area contributed by atoms with Crippen LogP contribution in [0.5, 0.6) is 0 Å². The third-order valence-corrected chi connectivity index (χ3v) is 3.39. The normalized spacial score (nSPS) is 14.0. The molecule has 8 nitrogen and oxygen atoms in total. The lowest BCUT2D eigenvalue weighted by atomic mass is 10.1. The maximum Gasteiger partial charge on any atom is 0.425 e. The summed E-state index contributed by atoms with van der Waals surface area (Å²) in [6, 6.07) is 0. The number of carbonyl (C=O) groups is 2. The molecule has 0 spiro atoms. The average molecular weight is 349 g/mol. The van der Waals surface area contributed by atoms with E-state index in [1.54, 1.807) is 41.5 Å². The second kappa shape index (κ2) is 6.96. The molecule has 0 rings (SSSR count). The second-order valence-electron chi connectivity index (χ2n) is 7.39. The summed E-state index contributed by atoms with van der Waals surface area (Å²) in [5, 5.41) is 7.99. The van der Waals surface area contributed by atoms with Crippen LogP contribution in [0.3, 0.4) is 0 Å². The zero-order valence-electron chi connectivity index (χ0n) is 14.8. The van der Waals surface area contributed by atoms with Gasteiger partial charge in [-0.15, -0.1) is 0 Å². The number of nitrogens with one attached hydrogen (secondary N) is 1. The lowest BCUT2D eigenvalue weighted by Gasteiger charge is -2.35. The molecule has 0 aromatic rings. The summed E-state index contributed by atoms with van der Waals surface area (Å²) >= 11 is -2.74. The van der Waals surface area contributed by atoms with Crippen LogP contribution in [0.15, 0.2) is 0 Å². The summed E-state index contributed by atoms with van der Waals surface area (Å²) < 4.78 is 31.0. The van der Waals surface area contributed by atoms with E-state index in [0.717, 1.165) is 0 Å². The monoisotopic (exact) mass is 349 g/mol. The Balaban J connectivity index is 5.73. The van der Waals surface area contributed by atoms with Crippen molar-refractivity contribution in [2.24, 2.45) is 0 Å². The van der Waals surface area contributed by atoms with Gasteiger partial charge in [0.15, 0.2) is 0 Å². The average Bonchev–Trinajstić information content (AvgIpc) is 2.23. The van der Waals surface area contributed by atoms with Crippen LogP contribution in [-0.2, 0) is 20.6 Å². The van der Waals surface area contributed by atoms with Gasteiger partial charge >= 0.3 is 12.2 Å². The van der Waals surface area contributed by atoms with Gasteiger partial charge in [0, 0.05) is 0 Å². The second-order valence-corrected chi connectivity index (χ2v) is 8.88. The summed E-state index contributed by atoms with van der Waals surface area (Å²) in [6.07, 6.45) is -2.34. The molecule has 2 amide bonds. The lowest BCUT2D eigenvalue weighted by Crippen LogP contribution is -2.54. The Bertz CT molecular complexity index is 488. The summed E-state index contributed by atoms with van der Waals surface area (Å²) in [4.78, 5) is 24.8. The zero-order valence-corrected chi connectivity index (χ0v) is 15.6. The summed E-state index contributed by atoms with van der Waals surface area (Å²) in [5.41, 5.74) is -1.86. The first-order valence-electron chi connectivity index (χ1n) is 6.93. The topological polar surface area (TPSA) is 120 Å². The van der Waals surface area contributed by atoms with E-state index in [9.17, 15) is 18.4 Å². The molecule has 0 aromatic carbocycles. The van der Waals surface area contributed by atoms with Crippen molar-refractivity contribution in [2.45, 2.75) is 71.3 Å². The van der Waals surface area contributed by atoms with Crippen molar-refractivity contribution in [2.75, 3.05) is 0 Å². The van der Waals surface area contributed by atoms with Crippen molar-refractivity contribution < 1.29 is 27.8 Å². The Morgan fingerprint density at radius 3 is 1.43 bits per heavy atom. The molecular weight excluding hydrogens is 324 g/mol. The van der Waals surface area contributed by atoms with E-state index >= 15 is 0 Å². The van der Waals surface area contributed by atoms with Gasteiger partial charge in [0.05, 0.1) is 4.75 Å². The van der Waals surface area contributed by atoms with Crippen LogP contribution in [0, 0.1) is 5.41 Å². The SMILES string of the molecule is CC(C)(C)OC(=O)N(C(=N)C(C)(C)S(=O)[O-])C(=O)OC(C)(C)C. The van der Waals surface area contributed by atoms with Crippen LogP contribution >= 0.6 is 0 Å². The number of amides is 2. The van der Waals surface area contributed by atoms with Crippen LogP contribution < -0.4 is 0 Å². The maximum absolute atomic E-state index is 12.3. The Kier molecular flexibility index (Phi) is 6.51. The Morgan fingerprint density at radius 2 is 1.22 bits per heavy atom. The summed E-state index contributed by atoms with van der Waals surface area (Å²) in [7, 11) is 0. The van der Waals surface area contributed by atoms with Gasteiger partial charge in [-0.1, -0.05) is 0 Å². The van der Waals surface area contributed by atoms with Gasteiger partial charge in [-0.25, -0.2) is 9.59 Å². The van der Waals surface area contributed by atoms with Crippen LogP contribution in [0.4, 0.5) is 9.59 Å². The number of imide groups is 1. The Morgan fingerprint density at radius 1 is 0.913 bits per heavy atom. The van der Waals surface area contributed by atoms with Crippen molar-refractivity contribution in [3.8, 4) is 0 Å². The molecule has 0 saturated heterocycles. The van der Waals surface area contributed by atoms with Crippen molar-refractivity contribution in [1.82, 2.24) is 4.90 Å².